The van der Waals surface area contributed by atoms with Crippen molar-refractivity contribution in [2.75, 3.05) is 0 Å². The van der Waals surface area contributed by atoms with Crippen molar-refractivity contribution in [3.05, 3.63) is 17.7 Å². The van der Waals surface area contributed by atoms with Crippen LogP contribution < -0.4 is 5.11 Å². The summed E-state index contributed by atoms with van der Waals surface area (Å²) in [6, 6.07) is 1.79. The van der Waals surface area contributed by atoms with Crippen molar-refractivity contribution in [1.29, 1.82) is 0 Å². The van der Waals surface area contributed by atoms with Crippen LogP contribution in [-0.2, 0) is 0 Å². The molecule has 0 saturated heterocycles. The molecular formula is C6H3O2S-. The van der Waals surface area contributed by atoms with Gasteiger partial charge in [0.25, 0.3) is 0 Å². The Bertz CT molecular complexity index is 320. The van der Waals surface area contributed by atoms with Gasteiger partial charge < -0.3 is 9.52 Å². The van der Waals surface area contributed by atoms with Crippen LogP contribution in [0.5, 0.6) is 5.75 Å². The second kappa shape index (κ2) is 1.51. The molecule has 0 atom stereocenters. The first kappa shape index (κ1) is 4.88. The van der Waals surface area contributed by atoms with E-state index in [2.05, 4.69) is 0 Å². The molecule has 0 aliphatic carbocycles. The van der Waals surface area contributed by atoms with Crippen molar-refractivity contribution in [3.8, 4) is 5.75 Å². The van der Waals surface area contributed by atoms with Gasteiger partial charge in [0.1, 0.15) is 5.58 Å². The summed E-state index contributed by atoms with van der Waals surface area (Å²) in [5, 5.41) is 12.3. The van der Waals surface area contributed by atoms with Gasteiger partial charge in [0.05, 0.1) is 11.0 Å². The van der Waals surface area contributed by atoms with Crippen molar-refractivity contribution < 1.29 is 9.52 Å². The highest BCUT2D eigenvalue weighted by Gasteiger charge is 1.96. The number of rotatable bonds is 0. The van der Waals surface area contributed by atoms with Crippen molar-refractivity contribution >= 4 is 21.6 Å². The number of hydrogen-bond acceptors (Lipinski definition) is 3. The monoisotopic (exact) mass is 139 g/mol. The SMILES string of the molecule is [O-]c1csc2ccoc12. The molecule has 9 heavy (non-hydrogen) atoms. The minimum atomic E-state index is -0.0139. The highest BCUT2D eigenvalue weighted by atomic mass is 32.1. The Labute approximate surface area is 55.3 Å². The van der Waals surface area contributed by atoms with Gasteiger partial charge in [-0.15, -0.1) is 11.3 Å². The molecule has 0 fully saturated rings. The average molecular weight is 139 g/mol. The van der Waals surface area contributed by atoms with E-state index in [9.17, 15) is 5.11 Å². The Balaban J connectivity index is 2.99. The molecule has 0 aliphatic rings. The molecule has 2 heterocycles. The van der Waals surface area contributed by atoms with E-state index in [-0.39, 0.29) is 5.75 Å². The highest BCUT2D eigenvalue weighted by Crippen LogP contribution is 2.29. The van der Waals surface area contributed by atoms with E-state index >= 15 is 0 Å². The summed E-state index contributed by atoms with van der Waals surface area (Å²) >= 11 is 1.41. The lowest BCUT2D eigenvalue weighted by atomic mass is 10.5. The average Bonchev–Trinajstić information content (AvgIpc) is 2.35. The van der Waals surface area contributed by atoms with Crippen molar-refractivity contribution in [2.24, 2.45) is 0 Å². The van der Waals surface area contributed by atoms with E-state index < -0.39 is 0 Å². The van der Waals surface area contributed by atoms with Crippen LogP contribution in [0.4, 0.5) is 0 Å². The van der Waals surface area contributed by atoms with Gasteiger partial charge in [-0.25, -0.2) is 0 Å². The predicted molar refractivity (Wildman–Crippen MR) is 33.5 cm³/mol. The maximum atomic E-state index is 10.8. The summed E-state index contributed by atoms with van der Waals surface area (Å²) in [6.07, 6.45) is 1.53. The minimum Gasteiger partial charge on any atom is -0.869 e. The number of hydrogen-bond donors (Lipinski definition) is 0. The molecule has 2 aromatic heterocycles. The van der Waals surface area contributed by atoms with Crippen LogP contribution in [-0.4, -0.2) is 0 Å². The molecular weight excluding hydrogens is 136 g/mol. The predicted octanol–water partition coefficient (Wildman–Crippen LogP) is 1.57. The molecule has 0 amide bonds. The maximum Gasteiger partial charge on any atom is 0.136 e. The van der Waals surface area contributed by atoms with E-state index in [4.69, 9.17) is 4.42 Å². The van der Waals surface area contributed by atoms with Gasteiger partial charge in [0, 0.05) is 0 Å². The van der Waals surface area contributed by atoms with Gasteiger partial charge in [-0.05, 0) is 11.4 Å². The quantitative estimate of drug-likeness (QED) is 0.555. The molecule has 2 aromatic rings. The van der Waals surface area contributed by atoms with E-state index in [1.165, 1.54) is 17.6 Å². The summed E-state index contributed by atoms with van der Waals surface area (Å²) in [7, 11) is 0. The van der Waals surface area contributed by atoms with Crippen molar-refractivity contribution in [2.45, 2.75) is 0 Å². The third kappa shape index (κ3) is 0.549. The zero-order valence-corrected chi connectivity index (χ0v) is 5.27. The van der Waals surface area contributed by atoms with E-state index in [0.717, 1.165) is 4.70 Å². The first-order valence-corrected chi connectivity index (χ1v) is 3.37. The summed E-state index contributed by atoms with van der Waals surface area (Å²) in [5.41, 5.74) is 0.486. The third-order valence-corrected chi connectivity index (χ3v) is 2.05. The zero-order valence-electron chi connectivity index (χ0n) is 4.46. The molecule has 3 heteroatoms. The highest BCUT2D eigenvalue weighted by molar-refractivity contribution is 7.17. The first-order valence-electron chi connectivity index (χ1n) is 2.49. The molecule has 46 valence electrons. The van der Waals surface area contributed by atoms with Crippen LogP contribution in [0.15, 0.2) is 22.1 Å². The normalized spacial score (nSPS) is 10.7. The Kier molecular flexibility index (Phi) is 0.818. The minimum absolute atomic E-state index is 0.0139. The largest absolute Gasteiger partial charge is 0.869 e. The fraction of sp³-hybridized carbons (Fsp3) is 0. The van der Waals surface area contributed by atoms with Gasteiger partial charge in [-0.2, -0.15) is 0 Å². The van der Waals surface area contributed by atoms with Gasteiger partial charge in [-0.3, -0.25) is 0 Å². The Morgan fingerprint density at radius 2 is 2.44 bits per heavy atom. The molecule has 2 rings (SSSR count). The van der Waals surface area contributed by atoms with Gasteiger partial charge in [0.15, 0.2) is 0 Å². The summed E-state index contributed by atoms with van der Waals surface area (Å²) < 4.78 is 5.82. The standard InChI is InChI=1S/C6H4O2S/c7-4-3-9-5-1-2-8-6(4)5/h1-3,7H/p-1. The molecule has 0 radical (unpaired) electrons. The maximum absolute atomic E-state index is 10.8. The van der Waals surface area contributed by atoms with Crippen molar-refractivity contribution in [1.82, 2.24) is 0 Å². The second-order valence-electron chi connectivity index (χ2n) is 1.71. The lowest BCUT2D eigenvalue weighted by molar-refractivity contribution is -0.266. The molecule has 2 nitrogen and oxygen atoms in total. The van der Waals surface area contributed by atoms with Crippen LogP contribution in [0.2, 0.25) is 0 Å². The molecule has 0 bridgehead atoms. The lowest BCUT2D eigenvalue weighted by Crippen LogP contribution is -1.83. The molecule has 0 spiro atoms. The smallest absolute Gasteiger partial charge is 0.136 e. The summed E-state index contributed by atoms with van der Waals surface area (Å²) in [4.78, 5) is 0. The lowest BCUT2D eigenvalue weighted by Gasteiger charge is -1.93. The van der Waals surface area contributed by atoms with Crippen LogP contribution in [0.3, 0.4) is 0 Å². The third-order valence-electron chi connectivity index (χ3n) is 1.15. The number of thiophene rings is 1. The summed E-state index contributed by atoms with van der Waals surface area (Å²) in [6.45, 7) is 0. The molecule has 0 saturated carbocycles. The fourth-order valence-corrected chi connectivity index (χ4v) is 1.47. The Morgan fingerprint density at radius 1 is 1.56 bits per heavy atom. The second-order valence-corrected chi connectivity index (χ2v) is 2.63. The van der Waals surface area contributed by atoms with Gasteiger partial charge in [-0.1, -0.05) is 5.75 Å². The van der Waals surface area contributed by atoms with E-state index in [0.29, 0.717) is 5.58 Å². The fourth-order valence-electron chi connectivity index (χ4n) is 0.740. The van der Waals surface area contributed by atoms with Crippen molar-refractivity contribution in [3.63, 3.8) is 0 Å². The van der Waals surface area contributed by atoms with Crippen LogP contribution in [0.1, 0.15) is 0 Å². The first-order chi connectivity index (χ1) is 4.38. The van der Waals surface area contributed by atoms with Gasteiger partial charge in [0.2, 0.25) is 0 Å². The zero-order chi connectivity index (χ0) is 6.27. The Hall–Kier alpha value is -0.960. The van der Waals surface area contributed by atoms with E-state index in [1.54, 1.807) is 11.4 Å². The Morgan fingerprint density at radius 3 is 3.22 bits per heavy atom. The van der Waals surface area contributed by atoms with Crippen LogP contribution in [0, 0.1) is 0 Å². The molecule has 0 unspecified atom stereocenters. The van der Waals surface area contributed by atoms with Gasteiger partial charge >= 0.3 is 0 Å². The topological polar surface area (TPSA) is 36.2 Å². The summed E-state index contributed by atoms with van der Waals surface area (Å²) in [5.74, 6) is -0.0139. The molecule has 0 aromatic carbocycles. The van der Waals surface area contributed by atoms with Crippen LogP contribution >= 0.6 is 11.3 Å². The number of fused-ring (bicyclic) bond motifs is 1. The number of furan rings is 1. The van der Waals surface area contributed by atoms with E-state index in [1.807, 2.05) is 0 Å². The van der Waals surface area contributed by atoms with Crippen LogP contribution in [0.25, 0.3) is 10.3 Å². The molecule has 0 N–H and O–H groups in total. The molecule has 0 aliphatic heterocycles.